The summed E-state index contributed by atoms with van der Waals surface area (Å²) in [5.41, 5.74) is 0. The van der Waals surface area contributed by atoms with E-state index in [1.54, 1.807) is 0 Å². The molecule has 0 heterocycles. The van der Waals surface area contributed by atoms with Gasteiger partial charge in [0.15, 0.2) is 0 Å². The number of aliphatic hydroxyl groups is 4. The van der Waals surface area contributed by atoms with Crippen LogP contribution in [0.5, 0.6) is 0 Å². The van der Waals surface area contributed by atoms with E-state index in [0.717, 1.165) is 0 Å². The van der Waals surface area contributed by atoms with E-state index in [2.05, 4.69) is 0 Å². The average Bonchev–Trinajstić information content (AvgIpc) is 1.89. The highest BCUT2D eigenvalue weighted by Gasteiger charge is 2.13. The second-order valence-electron chi connectivity index (χ2n) is 2.16. The molecule has 10 heavy (non-hydrogen) atoms. The van der Waals surface area contributed by atoms with Crippen LogP contribution in [0.15, 0.2) is 0 Å². The fraction of sp³-hybridized carbons (Fsp3) is 1.00. The van der Waals surface area contributed by atoms with Crippen molar-refractivity contribution in [3.05, 3.63) is 0 Å². The van der Waals surface area contributed by atoms with E-state index >= 15 is 0 Å². The maximum atomic E-state index is 8.93. The molecule has 0 bridgehead atoms. The molecule has 0 aromatic heterocycles. The molecule has 0 aliphatic rings. The Balaban J connectivity index is 3.38. The van der Waals surface area contributed by atoms with Crippen molar-refractivity contribution in [1.82, 2.24) is 0 Å². The van der Waals surface area contributed by atoms with Crippen molar-refractivity contribution in [3.8, 4) is 0 Å². The van der Waals surface area contributed by atoms with Crippen molar-refractivity contribution < 1.29 is 20.4 Å². The zero-order valence-corrected chi connectivity index (χ0v) is 5.77. The molecule has 4 nitrogen and oxygen atoms in total. The second kappa shape index (κ2) is 5.61. The lowest BCUT2D eigenvalue weighted by molar-refractivity contribution is -0.00668. The zero-order valence-electron chi connectivity index (χ0n) is 5.77. The van der Waals surface area contributed by atoms with Crippen LogP contribution < -0.4 is 0 Å². The maximum Gasteiger partial charge on any atom is 0.0821 e. The third-order valence-corrected chi connectivity index (χ3v) is 1.29. The molecule has 0 fully saturated rings. The summed E-state index contributed by atoms with van der Waals surface area (Å²) < 4.78 is 0. The molecule has 0 aliphatic carbocycles. The van der Waals surface area contributed by atoms with Gasteiger partial charge in [-0.2, -0.15) is 0 Å². The Morgan fingerprint density at radius 3 is 1.30 bits per heavy atom. The van der Waals surface area contributed by atoms with E-state index in [-0.39, 0.29) is 26.1 Å². The van der Waals surface area contributed by atoms with E-state index in [0.29, 0.717) is 0 Å². The first kappa shape index (κ1) is 9.84. The van der Waals surface area contributed by atoms with Crippen LogP contribution in [0.25, 0.3) is 0 Å². The summed E-state index contributed by atoms with van der Waals surface area (Å²) in [6.07, 6.45) is -1.53. The predicted molar refractivity (Wildman–Crippen MR) is 35.4 cm³/mol. The molecule has 4 N–H and O–H groups in total. The predicted octanol–water partition coefficient (Wildman–Crippen LogP) is -1.53. The van der Waals surface area contributed by atoms with Crippen molar-refractivity contribution in [3.63, 3.8) is 0 Å². The maximum absolute atomic E-state index is 8.93. The Morgan fingerprint density at radius 2 is 1.10 bits per heavy atom. The largest absolute Gasteiger partial charge is 0.396 e. The van der Waals surface area contributed by atoms with Gasteiger partial charge in [-0.1, -0.05) is 0 Å². The lowest BCUT2D eigenvalue weighted by Crippen LogP contribution is -2.27. The first-order valence-corrected chi connectivity index (χ1v) is 3.30. The van der Waals surface area contributed by atoms with Gasteiger partial charge in [-0.05, 0) is 12.8 Å². The van der Waals surface area contributed by atoms with E-state index in [1.165, 1.54) is 0 Å². The molecule has 0 unspecified atom stereocenters. The van der Waals surface area contributed by atoms with Gasteiger partial charge >= 0.3 is 0 Å². The van der Waals surface area contributed by atoms with Crippen LogP contribution in [0.1, 0.15) is 12.8 Å². The minimum atomic E-state index is -0.919. The molecule has 0 radical (unpaired) electrons. The highest BCUT2D eigenvalue weighted by atomic mass is 16.3. The van der Waals surface area contributed by atoms with Gasteiger partial charge in [0.05, 0.1) is 12.2 Å². The number of rotatable bonds is 5. The minimum absolute atomic E-state index is 0.149. The normalized spacial score (nSPS) is 16.8. The molecule has 0 saturated heterocycles. The summed E-state index contributed by atoms with van der Waals surface area (Å²) in [5, 5.41) is 34.5. The van der Waals surface area contributed by atoms with Crippen LogP contribution in [-0.2, 0) is 0 Å². The van der Waals surface area contributed by atoms with Gasteiger partial charge in [-0.3, -0.25) is 0 Å². The molecule has 0 spiro atoms. The van der Waals surface area contributed by atoms with Crippen LogP contribution in [0.3, 0.4) is 0 Å². The number of hydrogen-bond donors (Lipinski definition) is 4. The quantitative estimate of drug-likeness (QED) is 0.383. The molecule has 0 aromatic rings. The van der Waals surface area contributed by atoms with Crippen molar-refractivity contribution in [2.24, 2.45) is 0 Å². The van der Waals surface area contributed by atoms with E-state index in [1.807, 2.05) is 0 Å². The molecule has 0 aromatic carbocycles. The van der Waals surface area contributed by atoms with Crippen LogP contribution in [-0.4, -0.2) is 45.8 Å². The molecular weight excluding hydrogens is 136 g/mol. The zero-order chi connectivity index (χ0) is 7.98. The van der Waals surface area contributed by atoms with E-state index < -0.39 is 12.2 Å². The molecule has 62 valence electrons. The highest BCUT2D eigenvalue weighted by Crippen LogP contribution is 2.01. The molecule has 0 saturated carbocycles. The van der Waals surface area contributed by atoms with Gasteiger partial charge in [-0.25, -0.2) is 0 Å². The van der Waals surface area contributed by atoms with Crippen LogP contribution >= 0.6 is 0 Å². The SMILES string of the molecule is OCC[C@H](O)[C@@H](O)CCO. The number of aliphatic hydroxyl groups excluding tert-OH is 4. The summed E-state index contributed by atoms with van der Waals surface area (Å²) >= 11 is 0. The fourth-order valence-electron chi connectivity index (χ4n) is 0.649. The first-order chi connectivity index (χ1) is 4.72. The molecule has 0 aliphatic heterocycles. The first-order valence-electron chi connectivity index (χ1n) is 3.30. The minimum Gasteiger partial charge on any atom is -0.396 e. The van der Waals surface area contributed by atoms with Crippen LogP contribution in [0.4, 0.5) is 0 Å². The van der Waals surface area contributed by atoms with Crippen molar-refractivity contribution in [2.45, 2.75) is 25.0 Å². The Morgan fingerprint density at radius 1 is 0.800 bits per heavy atom. The fourth-order valence-corrected chi connectivity index (χ4v) is 0.649. The highest BCUT2D eigenvalue weighted by molar-refractivity contribution is 4.65. The average molecular weight is 150 g/mol. The third-order valence-electron chi connectivity index (χ3n) is 1.29. The summed E-state index contributed by atoms with van der Waals surface area (Å²) in [7, 11) is 0. The van der Waals surface area contributed by atoms with E-state index in [9.17, 15) is 0 Å². The molecule has 4 heteroatoms. The third kappa shape index (κ3) is 3.79. The topological polar surface area (TPSA) is 80.9 Å². The lowest BCUT2D eigenvalue weighted by Gasteiger charge is -2.14. The standard InChI is InChI=1S/C6H14O4/c7-3-1-5(9)6(10)2-4-8/h5-10H,1-4H2/t5-,6-/m0/s1. The van der Waals surface area contributed by atoms with Gasteiger partial charge in [0.2, 0.25) is 0 Å². The van der Waals surface area contributed by atoms with Crippen molar-refractivity contribution in [1.29, 1.82) is 0 Å². The Bertz CT molecular complexity index is 66.1. The smallest absolute Gasteiger partial charge is 0.0821 e. The Hall–Kier alpha value is -0.160. The Labute approximate surface area is 59.7 Å². The van der Waals surface area contributed by atoms with E-state index in [4.69, 9.17) is 20.4 Å². The summed E-state index contributed by atoms with van der Waals surface area (Å²) in [5.74, 6) is 0. The molecule has 0 rings (SSSR count). The second-order valence-corrected chi connectivity index (χ2v) is 2.16. The summed E-state index contributed by atoms with van der Waals surface area (Å²) in [6, 6.07) is 0. The summed E-state index contributed by atoms with van der Waals surface area (Å²) in [4.78, 5) is 0. The van der Waals surface area contributed by atoms with Gasteiger partial charge < -0.3 is 20.4 Å². The van der Waals surface area contributed by atoms with Crippen LogP contribution in [0, 0.1) is 0 Å². The molecule has 0 amide bonds. The summed E-state index contributed by atoms with van der Waals surface area (Å²) in [6.45, 7) is -0.298. The molecule has 2 atom stereocenters. The van der Waals surface area contributed by atoms with Gasteiger partial charge in [-0.15, -0.1) is 0 Å². The van der Waals surface area contributed by atoms with Gasteiger partial charge in [0.1, 0.15) is 0 Å². The van der Waals surface area contributed by atoms with Crippen molar-refractivity contribution >= 4 is 0 Å². The Kier molecular flexibility index (Phi) is 5.52. The van der Waals surface area contributed by atoms with Gasteiger partial charge in [0, 0.05) is 13.2 Å². The van der Waals surface area contributed by atoms with Crippen LogP contribution in [0.2, 0.25) is 0 Å². The van der Waals surface area contributed by atoms with Crippen molar-refractivity contribution in [2.75, 3.05) is 13.2 Å². The molecular formula is C6H14O4. The van der Waals surface area contributed by atoms with Gasteiger partial charge in [0.25, 0.3) is 0 Å². The number of hydrogen-bond acceptors (Lipinski definition) is 4. The monoisotopic (exact) mass is 150 g/mol. The lowest BCUT2D eigenvalue weighted by atomic mass is 10.1.